The Morgan fingerprint density at radius 1 is 1.35 bits per heavy atom. The molecular weight excluding hydrogens is 216 g/mol. The number of nitrogens with zero attached hydrogens (tertiary/aromatic N) is 1. The largest absolute Gasteiger partial charge is 0.465 e. The number of hydrogen-bond acceptors (Lipinski definition) is 4. The van der Waals surface area contributed by atoms with Crippen LogP contribution in [0.4, 0.5) is 0 Å². The predicted octanol–water partition coefficient (Wildman–Crippen LogP) is 1.57. The number of nitrogens with one attached hydrogen (secondary N) is 1. The average Bonchev–Trinajstić information content (AvgIpc) is 2.77. The van der Waals surface area contributed by atoms with Crippen molar-refractivity contribution in [1.29, 1.82) is 0 Å². The molecule has 4 heteroatoms. The third kappa shape index (κ3) is 3.84. The molecule has 96 valence electrons. The SMILES string of the molecule is Cc1ccc(C(C)NCCN2CCOCC2)o1. The lowest BCUT2D eigenvalue weighted by Gasteiger charge is -2.27. The van der Waals surface area contributed by atoms with Gasteiger partial charge in [0.15, 0.2) is 0 Å². The van der Waals surface area contributed by atoms with Crippen LogP contribution >= 0.6 is 0 Å². The van der Waals surface area contributed by atoms with Gasteiger partial charge in [0.25, 0.3) is 0 Å². The highest BCUT2D eigenvalue weighted by Gasteiger charge is 2.12. The van der Waals surface area contributed by atoms with Crippen molar-refractivity contribution in [2.75, 3.05) is 39.4 Å². The summed E-state index contributed by atoms with van der Waals surface area (Å²) in [4.78, 5) is 2.43. The first-order valence-electron chi connectivity index (χ1n) is 6.35. The highest BCUT2D eigenvalue weighted by Crippen LogP contribution is 2.15. The standard InChI is InChI=1S/C13H22N2O2/c1-11-3-4-13(17-11)12(2)14-5-6-15-7-9-16-10-8-15/h3-4,12,14H,5-10H2,1-2H3. The fraction of sp³-hybridized carbons (Fsp3) is 0.692. The van der Waals surface area contributed by atoms with E-state index < -0.39 is 0 Å². The van der Waals surface area contributed by atoms with Gasteiger partial charge in [0.1, 0.15) is 11.5 Å². The molecule has 1 N–H and O–H groups in total. The van der Waals surface area contributed by atoms with E-state index in [0.29, 0.717) is 0 Å². The highest BCUT2D eigenvalue weighted by atomic mass is 16.5. The molecule has 1 fully saturated rings. The molecule has 1 aromatic rings. The number of aryl methyl sites for hydroxylation is 1. The lowest BCUT2D eigenvalue weighted by molar-refractivity contribution is 0.0381. The van der Waals surface area contributed by atoms with Crippen molar-refractivity contribution in [3.8, 4) is 0 Å². The second kappa shape index (κ2) is 6.19. The smallest absolute Gasteiger partial charge is 0.120 e. The number of rotatable bonds is 5. The van der Waals surface area contributed by atoms with Crippen LogP contribution in [0.1, 0.15) is 24.5 Å². The summed E-state index contributed by atoms with van der Waals surface area (Å²) < 4.78 is 10.9. The minimum atomic E-state index is 0.282. The molecule has 1 aromatic heterocycles. The summed E-state index contributed by atoms with van der Waals surface area (Å²) >= 11 is 0. The molecular formula is C13H22N2O2. The Labute approximate surface area is 103 Å². The quantitative estimate of drug-likeness (QED) is 0.845. The zero-order valence-electron chi connectivity index (χ0n) is 10.7. The summed E-state index contributed by atoms with van der Waals surface area (Å²) in [7, 11) is 0. The Kier molecular flexibility index (Phi) is 4.59. The molecule has 4 nitrogen and oxygen atoms in total. The summed E-state index contributed by atoms with van der Waals surface area (Å²) in [6.07, 6.45) is 0. The number of ether oxygens (including phenoxy) is 1. The highest BCUT2D eigenvalue weighted by molar-refractivity contribution is 5.08. The van der Waals surface area contributed by atoms with Crippen LogP contribution in [0, 0.1) is 6.92 Å². The molecule has 1 unspecified atom stereocenters. The maximum absolute atomic E-state index is 5.59. The first-order chi connectivity index (χ1) is 8.25. The van der Waals surface area contributed by atoms with Crippen LogP contribution in [0.5, 0.6) is 0 Å². The maximum Gasteiger partial charge on any atom is 0.120 e. The Hall–Kier alpha value is -0.840. The Balaban J connectivity index is 1.67. The van der Waals surface area contributed by atoms with Gasteiger partial charge in [0, 0.05) is 26.2 Å². The van der Waals surface area contributed by atoms with Crippen molar-refractivity contribution in [1.82, 2.24) is 10.2 Å². The third-order valence-corrected chi connectivity index (χ3v) is 3.17. The average molecular weight is 238 g/mol. The van der Waals surface area contributed by atoms with Crippen LogP contribution in [0.3, 0.4) is 0 Å². The van der Waals surface area contributed by atoms with E-state index in [1.165, 1.54) is 0 Å². The van der Waals surface area contributed by atoms with Crippen LogP contribution in [0.25, 0.3) is 0 Å². The van der Waals surface area contributed by atoms with Crippen molar-refractivity contribution in [3.63, 3.8) is 0 Å². The van der Waals surface area contributed by atoms with Gasteiger partial charge in [-0.25, -0.2) is 0 Å². The van der Waals surface area contributed by atoms with Gasteiger partial charge in [-0.15, -0.1) is 0 Å². The maximum atomic E-state index is 5.59. The second-order valence-electron chi connectivity index (χ2n) is 4.58. The normalized spacial score (nSPS) is 19.4. The van der Waals surface area contributed by atoms with Gasteiger partial charge < -0.3 is 14.5 Å². The minimum Gasteiger partial charge on any atom is -0.465 e. The predicted molar refractivity (Wildman–Crippen MR) is 67.1 cm³/mol. The fourth-order valence-electron chi connectivity index (χ4n) is 2.05. The van der Waals surface area contributed by atoms with Crippen molar-refractivity contribution in [2.24, 2.45) is 0 Å². The number of hydrogen-bond donors (Lipinski definition) is 1. The zero-order valence-corrected chi connectivity index (χ0v) is 10.7. The van der Waals surface area contributed by atoms with Crippen LogP contribution in [-0.2, 0) is 4.74 Å². The first-order valence-corrected chi connectivity index (χ1v) is 6.35. The zero-order chi connectivity index (χ0) is 12.1. The third-order valence-electron chi connectivity index (χ3n) is 3.17. The summed E-state index contributed by atoms with van der Waals surface area (Å²) in [5, 5.41) is 3.48. The molecule has 0 spiro atoms. The molecule has 1 atom stereocenters. The van der Waals surface area contributed by atoms with E-state index in [1.54, 1.807) is 0 Å². The van der Waals surface area contributed by atoms with E-state index in [0.717, 1.165) is 50.9 Å². The van der Waals surface area contributed by atoms with Crippen molar-refractivity contribution < 1.29 is 9.15 Å². The molecule has 2 rings (SSSR count). The van der Waals surface area contributed by atoms with E-state index in [4.69, 9.17) is 9.15 Å². The second-order valence-corrected chi connectivity index (χ2v) is 4.58. The van der Waals surface area contributed by atoms with Crippen LogP contribution in [-0.4, -0.2) is 44.3 Å². The number of furan rings is 1. The van der Waals surface area contributed by atoms with E-state index in [1.807, 2.05) is 19.1 Å². The Bertz CT molecular complexity index is 332. The van der Waals surface area contributed by atoms with Gasteiger partial charge in [-0.1, -0.05) is 0 Å². The monoisotopic (exact) mass is 238 g/mol. The molecule has 1 aliphatic rings. The Morgan fingerprint density at radius 3 is 2.76 bits per heavy atom. The topological polar surface area (TPSA) is 37.6 Å². The molecule has 0 bridgehead atoms. The van der Waals surface area contributed by atoms with Gasteiger partial charge in [-0.2, -0.15) is 0 Å². The van der Waals surface area contributed by atoms with E-state index >= 15 is 0 Å². The van der Waals surface area contributed by atoms with Gasteiger partial charge >= 0.3 is 0 Å². The molecule has 0 aromatic carbocycles. The molecule has 0 saturated carbocycles. The summed E-state index contributed by atoms with van der Waals surface area (Å²) in [5.74, 6) is 1.99. The summed E-state index contributed by atoms with van der Waals surface area (Å²) in [6.45, 7) is 10.0. The summed E-state index contributed by atoms with van der Waals surface area (Å²) in [6, 6.07) is 4.33. The molecule has 0 aliphatic carbocycles. The summed E-state index contributed by atoms with van der Waals surface area (Å²) in [5.41, 5.74) is 0. The van der Waals surface area contributed by atoms with Gasteiger partial charge in [-0.05, 0) is 26.0 Å². The molecule has 0 amide bonds. The van der Waals surface area contributed by atoms with Crippen LogP contribution < -0.4 is 5.32 Å². The van der Waals surface area contributed by atoms with E-state index in [2.05, 4.69) is 17.1 Å². The molecule has 1 aliphatic heterocycles. The van der Waals surface area contributed by atoms with Crippen molar-refractivity contribution in [3.05, 3.63) is 23.7 Å². The minimum absolute atomic E-state index is 0.282. The molecule has 1 saturated heterocycles. The molecule has 0 radical (unpaired) electrons. The number of morpholine rings is 1. The van der Waals surface area contributed by atoms with Crippen molar-refractivity contribution in [2.45, 2.75) is 19.9 Å². The van der Waals surface area contributed by atoms with Gasteiger partial charge in [-0.3, -0.25) is 4.90 Å². The molecule has 2 heterocycles. The van der Waals surface area contributed by atoms with Gasteiger partial charge in [0.05, 0.1) is 19.3 Å². The van der Waals surface area contributed by atoms with Crippen molar-refractivity contribution >= 4 is 0 Å². The van der Waals surface area contributed by atoms with Crippen LogP contribution in [0.15, 0.2) is 16.5 Å². The lowest BCUT2D eigenvalue weighted by atomic mass is 10.2. The fourth-order valence-corrected chi connectivity index (χ4v) is 2.05. The van der Waals surface area contributed by atoms with Gasteiger partial charge in [0.2, 0.25) is 0 Å². The lowest BCUT2D eigenvalue weighted by Crippen LogP contribution is -2.40. The Morgan fingerprint density at radius 2 is 2.12 bits per heavy atom. The van der Waals surface area contributed by atoms with E-state index in [9.17, 15) is 0 Å². The van der Waals surface area contributed by atoms with Crippen LogP contribution in [0.2, 0.25) is 0 Å². The first kappa shape index (κ1) is 12.6. The van der Waals surface area contributed by atoms with E-state index in [-0.39, 0.29) is 6.04 Å². The molecule has 17 heavy (non-hydrogen) atoms.